The molecule has 0 aliphatic carbocycles. The monoisotopic (exact) mass is 427 g/mol. The van der Waals surface area contributed by atoms with Crippen molar-refractivity contribution in [3.63, 3.8) is 0 Å². The Hall–Kier alpha value is -3.48. The highest BCUT2D eigenvalue weighted by Gasteiger charge is 2.29. The van der Waals surface area contributed by atoms with Crippen molar-refractivity contribution in [2.75, 3.05) is 0 Å². The van der Waals surface area contributed by atoms with Gasteiger partial charge in [-0.05, 0) is 54.7 Å². The predicted molar refractivity (Wildman–Crippen MR) is 124 cm³/mol. The molecule has 162 valence electrons. The molecule has 0 spiro atoms. The maximum Gasteiger partial charge on any atom is 0.335 e. The highest BCUT2D eigenvalue weighted by Crippen LogP contribution is 2.28. The molecule has 32 heavy (non-hydrogen) atoms. The van der Waals surface area contributed by atoms with Crippen molar-refractivity contribution in [2.45, 2.75) is 37.5 Å². The van der Waals surface area contributed by atoms with E-state index >= 15 is 0 Å². The highest BCUT2D eigenvalue weighted by molar-refractivity contribution is 5.89. The number of aliphatic hydroxyl groups is 1. The molecule has 0 unspecified atom stereocenters. The number of aromatic amines is 1. The lowest BCUT2D eigenvalue weighted by Gasteiger charge is -2.20. The third-order valence-electron chi connectivity index (χ3n) is 6.21. The first-order valence-electron chi connectivity index (χ1n) is 10.9. The molecule has 2 heterocycles. The van der Waals surface area contributed by atoms with Gasteiger partial charge in [-0.25, -0.2) is 9.78 Å². The maximum atomic E-state index is 11.3. The van der Waals surface area contributed by atoms with E-state index in [1.165, 1.54) is 5.56 Å². The minimum Gasteiger partial charge on any atom is -0.478 e. The molecule has 1 aliphatic heterocycles. The Morgan fingerprint density at radius 3 is 2.69 bits per heavy atom. The molecule has 1 aliphatic rings. The second-order valence-corrected chi connectivity index (χ2v) is 8.43. The van der Waals surface area contributed by atoms with Gasteiger partial charge < -0.3 is 20.5 Å². The first-order valence-corrected chi connectivity index (χ1v) is 10.9. The van der Waals surface area contributed by atoms with E-state index < -0.39 is 12.1 Å². The largest absolute Gasteiger partial charge is 0.478 e. The lowest BCUT2D eigenvalue weighted by molar-refractivity contribution is 0.0697. The Balaban J connectivity index is 1.30. The average Bonchev–Trinajstić information content (AvgIpc) is 3.46. The van der Waals surface area contributed by atoms with E-state index in [1.54, 1.807) is 18.2 Å². The zero-order valence-corrected chi connectivity index (χ0v) is 17.5. The molecule has 5 rings (SSSR count). The van der Waals surface area contributed by atoms with Gasteiger partial charge in [-0.1, -0.05) is 48.5 Å². The number of H-pyrrole nitrogens is 1. The number of carbonyl (C=O) groups is 1. The number of carboxylic acid groups (broad SMARTS) is 1. The minimum atomic E-state index is -0.954. The molecule has 1 aromatic heterocycles. The van der Waals surface area contributed by atoms with Gasteiger partial charge in [0, 0.05) is 17.6 Å². The van der Waals surface area contributed by atoms with E-state index in [0.717, 1.165) is 41.4 Å². The van der Waals surface area contributed by atoms with Crippen molar-refractivity contribution in [2.24, 2.45) is 0 Å². The molecule has 1 saturated heterocycles. The smallest absolute Gasteiger partial charge is 0.335 e. The number of hydrogen-bond acceptors (Lipinski definition) is 4. The number of nitrogens with zero attached hydrogens (tertiary/aromatic N) is 1. The molecule has 0 bridgehead atoms. The summed E-state index contributed by atoms with van der Waals surface area (Å²) < 4.78 is 0. The number of benzene rings is 3. The Morgan fingerprint density at radius 2 is 1.88 bits per heavy atom. The van der Waals surface area contributed by atoms with Crippen molar-refractivity contribution >= 4 is 17.0 Å². The quantitative estimate of drug-likeness (QED) is 0.367. The van der Waals surface area contributed by atoms with Crippen molar-refractivity contribution in [3.8, 4) is 11.4 Å². The number of imidazole rings is 1. The molecule has 3 aromatic carbocycles. The van der Waals surface area contributed by atoms with Crippen LogP contribution in [0.3, 0.4) is 0 Å². The van der Waals surface area contributed by atoms with Gasteiger partial charge in [-0.3, -0.25) is 0 Å². The highest BCUT2D eigenvalue weighted by atomic mass is 16.4. The molecule has 0 amide bonds. The van der Waals surface area contributed by atoms with E-state index in [1.807, 2.05) is 42.5 Å². The molecular weight excluding hydrogens is 402 g/mol. The van der Waals surface area contributed by atoms with Crippen LogP contribution in [0.4, 0.5) is 0 Å². The van der Waals surface area contributed by atoms with Crippen LogP contribution in [0, 0.1) is 0 Å². The van der Waals surface area contributed by atoms with Crippen LogP contribution in [-0.4, -0.2) is 38.2 Å². The van der Waals surface area contributed by atoms with Crippen LogP contribution < -0.4 is 5.32 Å². The van der Waals surface area contributed by atoms with Crippen molar-refractivity contribution in [1.82, 2.24) is 15.3 Å². The van der Waals surface area contributed by atoms with E-state index in [2.05, 4.69) is 27.4 Å². The van der Waals surface area contributed by atoms with E-state index in [-0.39, 0.29) is 11.6 Å². The van der Waals surface area contributed by atoms with Crippen molar-refractivity contribution in [1.29, 1.82) is 0 Å². The van der Waals surface area contributed by atoms with E-state index in [0.29, 0.717) is 11.9 Å². The molecule has 4 aromatic rings. The van der Waals surface area contributed by atoms with Gasteiger partial charge in [0.05, 0.1) is 22.7 Å². The van der Waals surface area contributed by atoms with Crippen LogP contribution in [0.1, 0.15) is 40.4 Å². The van der Waals surface area contributed by atoms with Crippen LogP contribution in [0.15, 0.2) is 72.8 Å². The summed E-state index contributed by atoms with van der Waals surface area (Å²) in [6, 6.07) is 23.1. The number of hydrogen-bond donors (Lipinski definition) is 4. The Kier molecular flexibility index (Phi) is 5.47. The van der Waals surface area contributed by atoms with Gasteiger partial charge in [0.1, 0.15) is 5.82 Å². The molecule has 6 nitrogen and oxygen atoms in total. The summed E-state index contributed by atoms with van der Waals surface area (Å²) in [5.74, 6) is -0.296. The van der Waals surface area contributed by atoms with Gasteiger partial charge in [0.25, 0.3) is 0 Å². The van der Waals surface area contributed by atoms with Crippen LogP contribution >= 0.6 is 0 Å². The third kappa shape index (κ3) is 4.15. The summed E-state index contributed by atoms with van der Waals surface area (Å²) >= 11 is 0. The zero-order chi connectivity index (χ0) is 22.1. The third-order valence-corrected chi connectivity index (χ3v) is 6.21. The zero-order valence-electron chi connectivity index (χ0n) is 17.5. The second kappa shape index (κ2) is 8.57. The number of carboxylic acids is 1. The molecule has 0 saturated carbocycles. The fourth-order valence-electron chi connectivity index (χ4n) is 4.55. The summed E-state index contributed by atoms with van der Waals surface area (Å²) in [5.41, 5.74) is 4.91. The Bertz CT molecular complexity index is 1250. The van der Waals surface area contributed by atoms with Gasteiger partial charge in [0.15, 0.2) is 0 Å². The van der Waals surface area contributed by atoms with Gasteiger partial charge in [0.2, 0.25) is 0 Å². The van der Waals surface area contributed by atoms with E-state index in [9.17, 15) is 15.0 Å². The summed E-state index contributed by atoms with van der Waals surface area (Å²) in [5, 5.41) is 23.5. The average molecular weight is 428 g/mol. The Labute approximate surface area is 186 Å². The number of aromatic carboxylic acids is 1. The summed E-state index contributed by atoms with van der Waals surface area (Å²) in [6.07, 6.45) is 2.33. The van der Waals surface area contributed by atoms with Crippen LogP contribution in [0.5, 0.6) is 0 Å². The standard InChI is InChI=1S/C26H25N3O3/c30-24(17-5-2-1-3-6-17)22-12-10-20(27-22)13-16-9-11-21-23(14-16)29-25(28-21)18-7-4-8-19(15-18)26(31)32/h1-9,11,14-15,20,22,24,27,30H,10,12-13H2,(H,28,29)(H,31,32)/t20-,22+,24+/m0/s1. The molecule has 4 N–H and O–H groups in total. The molecular formula is C26H25N3O3. The normalized spacial score (nSPS) is 19.3. The maximum absolute atomic E-state index is 11.3. The number of aliphatic hydroxyl groups excluding tert-OH is 1. The SMILES string of the molecule is O=C(O)c1cccc(-c2nc3ccc(C[C@@H]4CC[C@H]([C@H](O)c5ccccc5)N4)cc3[nH]2)c1. The second-order valence-electron chi connectivity index (χ2n) is 8.43. The first-order chi connectivity index (χ1) is 15.6. The number of rotatable bonds is 6. The lowest BCUT2D eigenvalue weighted by Crippen LogP contribution is -2.35. The number of aromatic nitrogens is 2. The summed E-state index contributed by atoms with van der Waals surface area (Å²) in [6.45, 7) is 0. The fraction of sp³-hybridized carbons (Fsp3) is 0.231. The molecule has 3 atom stereocenters. The van der Waals surface area contributed by atoms with Gasteiger partial charge >= 0.3 is 5.97 Å². The number of nitrogens with one attached hydrogen (secondary N) is 2. The van der Waals surface area contributed by atoms with E-state index in [4.69, 9.17) is 0 Å². The summed E-state index contributed by atoms with van der Waals surface area (Å²) in [7, 11) is 0. The van der Waals surface area contributed by atoms with Gasteiger partial charge in [-0.15, -0.1) is 0 Å². The molecule has 1 fully saturated rings. The Morgan fingerprint density at radius 1 is 1.03 bits per heavy atom. The predicted octanol–water partition coefficient (Wildman–Crippen LogP) is 4.32. The topological polar surface area (TPSA) is 98.2 Å². The van der Waals surface area contributed by atoms with Gasteiger partial charge in [-0.2, -0.15) is 0 Å². The van der Waals surface area contributed by atoms with Crippen LogP contribution in [0.25, 0.3) is 22.4 Å². The molecule has 0 radical (unpaired) electrons. The molecule has 6 heteroatoms. The number of fused-ring (bicyclic) bond motifs is 1. The minimum absolute atomic E-state index is 0.0615. The van der Waals surface area contributed by atoms with Crippen LogP contribution in [-0.2, 0) is 6.42 Å². The van der Waals surface area contributed by atoms with Crippen molar-refractivity contribution in [3.05, 3.63) is 89.5 Å². The van der Waals surface area contributed by atoms with Crippen LogP contribution in [0.2, 0.25) is 0 Å². The lowest BCUT2D eigenvalue weighted by atomic mass is 10.0. The fourth-order valence-corrected chi connectivity index (χ4v) is 4.55. The summed E-state index contributed by atoms with van der Waals surface area (Å²) in [4.78, 5) is 19.2. The first kappa shape index (κ1) is 20.4. The van der Waals surface area contributed by atoms with Crippen molar-refractivity contribution < 1.29 is 15.0 Å².